The number of rotatable bonds is 3. The Balaban J connectivity index is 2.32. The van der Waals surface area contributed by atoms with Crippen LogP contribution < -0.4 is 0 Å². The molecule has 0 aromatic heterocycles. The van der Waals surface area contributed by atoms with Gasteiger partial charge in [0, 0.05) is 25.6 Å². The fourth-order valence-corrected chi connectivity index (χ4v) is 6.17. The second-order valence-corrected chi connectivity index (χ2v) is 9.82. The fraction of sp³-hybridized carbons (Fsp3) is 0.200. The molecule has 0 spiro atoms. The summed E-state index contributed by atoms with van der Waals surface area (Å²) in [6, 6.07) is 7.49. The molecule has 0 aliphatic carbocycles. The monoisotopic (exact) mass is 574 g/mol. The number of phenols is 2. The van der Waals surface area contributed by atoms with Crippen molar-refractivity contribution in [1.29, 1.82) is 0 Å². The number of phenolic OH excluding ortho intramolecular Hbond substituents is 2. The number of hydrogen-bond acceptors (Lipinski definition) is 5. The van der Waals surface area contributed by atoms with Crippen LogP contribution in [0.1, 0.15) is 59.7 Å². The summed E-state index contributed by atoms with van der Waals surface area (Å²) in [5.74, 6) is -1.77. The molecule has 170 valence electrons. The van der Waals surface area contributed by atoms with Gasteiger partial charge in [0.25, 0.3) is 0 Å². The van der Waals surface area contributed by atoms with E-state index in [1.807, 2.05) is 0 Å². The molecule has 1 aliphatic heterocycles. The zero-order valence-electron chi connectivity index (χ0n) is 18.2. The number of hydrogen-bond donors (Lipinski definition) is 3. The van der Waals surface area contributed by atoms with Crippen LogP contribution in [-0.4, -0.2) is 27.3 Å². The van der Waals surface area contributed by atoms with Gasteiger partial charge in [-0.2, -0.15) is 0 Å². The van der Waals surface area contributed by atoms with Crippen molar-refractivity contribution < 1.29 is 29.6 Å². The molecule has 0 amide bonds. The largest absolute Gasteiger partial charge is 0.508 e. The summed E-state index contributed by atoms with van der Waals surface area (Å²) < 4.78 is 7.06. The second-order valence-electron chi connectivity index (χ2n) is 8.11. The minimum atomic E-state index is -1.66. The van der Waals surface area contributed by atoms with Gasteiger partial charge in [0.15, 0.2) is 5.60 Å². The number of carboxylic acids is 1. The van der Waals surface area contributed by atoms with E-state index in [0.717, 1.165) is 0 Å². The third kappa shape index (κ3) is 3.19. The van der Waals surface area contributed by atoms with Crippen LogP contribution in [0, 0.1) is 27.7 Å². The molecule has 6 nitrogen and oxygen atoms in total. The highest BCUT2D eigenvalue weighted by Crippen LogP contribution is 2.55. The summed E-state index contributed by atoms with van der Waals surface area (Å²) >= 11 is 7.05. The number of aromatic hydroxyl groups is 2. The lowest BCUT2D eigenvalue weighted by atomic mass is 9.73. The van der Waals surface area contributed by atoms with E-state index >= 15 is 0 Å². The van der Waals surface area contributed by atoms with Gasteiger partial charge in [-0.15, -0.1) is 0 Å². The fourth-order valence-electron chi connectivity index (χ4n) is 4.58. The van der Waals surface area contributed by atoms with E-state index in [9.17, 15) is 24.9 Å². The zero-order chi connectivity index (χ0) is 24.4. The lowest BCUT2D eigenvalue weighted by Gasteiger charge is -2.36. The first kappa shape index (κ1) is 23.3. The van der Waals surface area contributed by atoms with Gasteiger partial charge in [-0.1, -0.05) is 37.9 Å². The summed E-state index contributed by atoms with van der Waals surface area (Å²) in [5, 5.41) is 30.9. The molecule has 0 saturated carbocycles. The van der Waals surface area contributed by atoms with Crippen LogP contribution in [0.2, 0.25) is 0 Å². The third-order valence-electron chi connectivity index (χ3n) is 6.46. The van der Waals surface area contributed by atoms with Crippen molar-refractivity contribution in [3.63, 3.8) is 0 Å². The number of halogens is 2. The molecule has 1 aliphatic rings. The number of carboxylic acid groups (broad SMARTS) is 1. The highest BCUT2D eigenvalue weighted by molar-refractivity contribution is 9.10. The predicted molar refractivity (Wildman–Crippen MR) is 129 cm³/mol. The first-order chi connectivity index (χ1) is 15.4. The summed E-state index contributed by atoms with van der Waals surface area (Å²) in [7, 11) is 0. The molecule has 3 N–H and O–H groups in total. The van der Waals surface area contributed by atoms with Crippen LogP contribution in [0.3, 0.4) is 0 Å². The van der Waals surface area contributed by atoms with Crippen molar-refractivity contribution in [2.45, 2.75) is 33.3 Å². The molecule has 0 unspecified atom stereocenters. The molecular weight excluding hydrogens is 556 g/mol. The SMILES string of the molecule is Cc1c(O)cc(Br)c(C2(c3c(Br)cc(O)c(C)c3C)OC(=O)c3cccc(C(=O)O)c32)c1C. The van der Waals surface area contributed by atoms with Crippen molar-refractivity contribution in [1.82, 2.24) is 0 Å². The average molecular weight is 576 g/mol. The third-order valence-corrected chi connectivity index (χ3v) is 7.72. The Morgan fingerprint density at radius 2 is 1.33 bits per heavy atom. The maximum absolute atomic E-state index is 13.2. The highest BCUT2D eigenvalue weighted by atomic mass is 79.9. The Hall–Kier alpha value is -2.84. The number of carbonyl (C=O) groups is 2. The Morgan fingerprint density at radius 1 is 0.848 bits per heavy atom. The quantitative estimate of drug-likeness (QED) is 0.330. The van der Waals surface area contributed by atoms with Crippen LogP contribution in [0.5, 0.6) is 11.5 Å². The van der Waals surface area contributed by atoms with Gasteiger partial charge >= 0.3 is 11.9 Å². The van der Waals surface area contributed by atoms with Crippen LogP contribution >= 0.6 is 31.9 Å². The summed E-state index contributed by atoms with van der Waals surface area (Å²) in [6.45, 7) is 7.03. The van der Waals surface area contributed by atoms with Crippen LogP contribution in [0.4, 0.5) is 0 Å². The maximum Gasteiger partial charge on any atom is 0.340 e. The normalized spacial score (nSPS) is 14.2. The Morgan fingerprint density at radius 3 is 1.79 bits per heavy atom. The lowest BCUT2D eigenvalue weighted by molar-refractivity contribution is 0.0238. The van der Waals surface area contributed by atoms with Crippen molar-refractivity contribution >= 4 is 43.8 Å². The van der Waals surface area contributed by atoms with Gasteiger partial charge < -0.3 is 20.1 Å². The summed E-state index contributed by atoms with van der Waals surface area (Å²) in [6.07, 6.45) is 0. The van der Waals surface area contributed by atoms with E-state index in [1.54, 1.807) is 33.8 Å². The van der Waals surface area contributed by atoms with Crippen molar-refractivity contribution in [2.75, 3.05) is 0 Å². The molecule has 3 aromatic rings. The number of benzene rings is 3. The Bertz CT molecular complexity index is 1310. The smallest absolute Gasteiger partial charge is 0.340 e. The first-order valence-corrected chi connectivity index (χ1v) is 11.6. The molecule has 0 radical (unpaired) electrons. The molecule has 1 heterocycles. The standard InChI is InChI=1S/C25H20Br2O6/c1-10-12(3)20(16(26)8-18(10)28)25(21-13(4)11(2)19(29)9-17(21)27)22-14(23(30)31)6-5-7-15(22)24(32)33-25/h5-9,28-29H,1-4H3,(H,30,31). The van der Waals surface area contributed by atoms with Crippen LogP contribution in [0.25, 0.3) is 0 Å². The molecule has 0 atom stereocenters. The molecule has 33 heavy (non-hydrogen) atoms. The Labute approximate surface area is 207 Å². The van der Waals surface area contributed by atoms with Gasteiger partial charge in [0.1, 0.15) is 11.5 Å². The summed E-state index contributed by atoms with van der Waals surface area (Å²) in [5.41, 5.74) is 1.97. The minimum Gasteiger partial charge on any atom is -0.508 e. The van der Waals surface area contributed by atoms with E-state index in [-0.39, 0.29) is 28.2 Å². The number of cyclic esters (lactones) is 1. The van der Waals surface area contributed by atoms with E-state index < -0.39 is 17.5 Å². The van der Waals surface area contributed by atoms with Gasteiger partial charge in [-0.25, -0.2) is 9.59 Å². The van der Waals surface area contributed by atoms with Gasteiger partial charge in [0.05, 0.1) is 11.1 Å². The van der Waals surface area contributed by atoms with Crippen molar-refractivity contribution in [2.24, 2.45) is 0 Å². The number of ether oxygens (including phenoxy) is 1. The lowest BCUT2D eigenvalue weighted by Crippen LogP contribution is -2.34. The topological polar surface area (TPSA) is 104 Å². The number of aromatic carboxylic acids is 1. The molecule has 0 fully saturated rings. The van der Waals surface area contributed by atoms with Crippen LogP contribution in [-0.2, 0) is 10.3 Å². The van der Waals surface area contributed by atoms with Gasteiger partial charge in [-0.05, 0) is 74.2 Å². The minimum absolute atomic E-state index is 0.0482. The second kappa shape index (κ2) is 7.88. The van der Waals surface area contributed by atoms with Crippen LogP contribution in [0.15, 0.2) is 39.3 Å². The molecule has 8 heteroatoms. The molecule has 4 rings (SSSR count). The molecule has 0 bridgehead atoms. The average Bonchev–Trinajstić information content (AvgIpc) is 3.03. The van der Waals surface area contributed by atoms with Gasteiger partial charge in [0.2, 0.25) is 0 Å². The van der Waals surface area contributed by atoms with E-state index in [0.29, 0.717) is 42.3 Å². The Kier molecular flexibility index (Phi) is 5.57. The first-order valence-electron chi connectivity index (χ1n) is 10.0. The summed E-state index contributed by atoms with van der Waals surface area (Å²) in [4.78, 5) is 25.5. The van der Waals surface area contributed by atoms with Crippen molar-refractivity contribution in [3.05, 3.63) is 89.3 Å². The zero-order valence-corrected chi connectivity index (χ0v) is 21.4. The molecular formula is C25H20Br2O6. The highest BCUT2D eigenvalue weighted by Gasteiger charge is 2.54. The van der Waals surface area contributed by atoms with E-state index in [4.69, 9.17) is 4.74 Å². The maximum atomic E-state index is 13.2. The van der Waals surface area contributed by atoms with Gasteiger partial charge in [-0.3, -0.25) is 0 Å². The van der Waals surface area contributed by atoms with Crippen molar-refractivity contribution in [3.8, 4) is 11.5 Å². The number of carbonyl (C=O) groups excluding carboxylic acids is 1. The number of fused-ring (bicyclic) bond motifs is 1. The molecule has 0 saturated heterocycles. The number of esters is 1. The predicted octanol–water partition coefficient (Wildman–Crippen LogP) is 6.02. The molecule has 3 aromatic carbocycles. The van der Waals surface area contributed by atoms with E-state index in [1.165, 1.54) is 24.3 Å². The van der Waals surface area contributed by atoms with E-state index in [2.05, 4.69) is 31.9 Å².